The molecule has 2 heterocycles. The van der Waals surface area contributed by atoms with E-state index in [9.17, 15) is 9.59 Å². The Kier molecular flexibility index (Phi) is 6.20. The molecule has 1 fully saturated rings. The number of carbonyl (C=O) groups is 2. The van der Waals surface area contributed by atoms with Gasteiger partial charge in [-0.3, -0.25) is 14.5 Å². The summed E-state index contributed by atoms with van der Waals surface area (Å²) in [5.74, 6) is 1.50. The van der Waals surface area contributed by atoms with Crippen molar-refractivity contribution in [3.05, 3.63) is 41.9 Å². The van der Waals surface area contributed by atoms with E-state index in [4.69, 9.17) is 18.6 Å². The molecule has 150 valence electrons. The van der Waals surface area contributed by atoms with E-state index >= 15 is 0 Å². The number of rotatable bonds is 7. The van der Waals surface area contributed by atoms with E-state index in [0.29, 0.717) is 54.8 Å². The predicted octanol–water partition coefficient (Wildman–Crippen LogP) is 1.95. The second kappa shape index (κ2) is 8.79. The second-order valence-electron chi connectivity index (χ2n) is 6.38. The highest BCUT2D eigenvalue weighted by Crippen LogP contribution is 2.38. The maximum atomic E-state index is 12.9. The van der Waals surface area contributed by atoms with Gasteiger partial charge in [-0.1, -0.05) is 0 Å². The molecule has 28 heavy (non-hydrogen) atoms. The molecule has 3 rings (SSSR count). The SMILES string of the molecule is COc1cc(C(=O)N2CCN(CC(=O)c3ccco3)CC2)cc(OC)c1OC. The first-order valence-electron chi connectivity index (χ1n) is 8.95. The van der Waals surface area contributed by atoms with Crippen LogP contribution in [0, 0.1) is 0 Å². The Labute approximate surface area is 163 Å². The Hall–Kier alpha value is -3.00. The monoisotopic (exact) mass is 388 g/mol. The lowest BCUT2D eigenvalue weighted by atomic mass is 10.1. The molecule has 0 atom stereocenters. The number of Topliss-reactive ketones (excluding diaryl/α,β-unsaturated/α-hetero) is 1. The number of piperazine rings is 1. The highest BCUT2D eigenvalue weighted by atomic mass is 16.5. The van der Waals surface area contributed by atoms with Crippen LogP contribution in [0.5, 0.6) is 17.2 Å². The summed E-state index contributed by atoms with van der Waals surface area (Å²) in [4.78, 5) is 28.9. The molecule has 1 aliphatic rings. The normalized spacial score (nSPS) is 14.6. The van der Waals surface area contributed by atoms with Gasteiger partial charge in [0, 0.05) is 31.7 Å². The van der Waals surface area contributed by atoms with Gasteiger partial charge in [0.15, 0.2) is 17.3 Å². The first-order valence-corrected chi connectivity index (χ1v) is 8.95. The van der Waals surface area contributed by atoms with E-state index in [1.54, 1.807) is 29.2 Å². The summed E-state index contributed by atoms with van der Waals surface area (Å²) in [6.45, 7) is 2.56. The fraction of sp³-hybridized carbons (Fsp3) is 0.400. The lowest BCUT2D eigenvalue weighted by Crippen LogP contribution is -2.49. The molecule has 0 saturated carbocycles. The van der Waals surface area contributed by atoms with Crippen LogP contribution in [0.4, 0.5) is 0 Å². The zero-order valence-corrected chi connectivity index (χ0v) is 16.3. The van der Waals surface area contributed by atoms with Crippen LogP contribution in [0.25, 0.3) is 0 Å². The number of hydrogen-bond acceptors (Lipinski definition) is 7. The maximum Gasteiger partial charge on any atom is 0.254 e. The van der Waals surface area contributed by atoms with Gasteiger partial charge in [0.1, 0.15) is 0 Å². The predicted molar refractivity (Wildman–Crippen MR) is 101 cm³/mol. The van der Waals surface area contributed by atoms with Crippen molar-refractivity contribution in [3.63, 3.8) is 0 Å². The zero-order chi connectivity index (χ0) is 20.1. The summed E-state index contributed by atoms with van der Waals surface area (Å²) >= 11 is 0. The fourth-order valence-corrected chi connectivity index (χ4v) is 3.21. The van der Waals surface area contributed by atoms with E-state index in [2.05, 4.69) is 0 Å². The Morgan fingerprint density at radius 1 is 1.00 bits per heavy atom. The minimum atomic E-state index is -0.115. The van der Waals surface area contributed by atoms with E-state index in [-0.39, 0.29) is 18.2 Å². The maximum absolute atomic E-state index is 12.9. The van der Waals surface area contributed by atoms with Crippen molar-refractivity contribution in [2.24, 2.45) is 0 Å². The van der Waals surface area contributed by atoms with Crippen molar-refractivity contribution in [1.29, 1.82) is 0 Å². The van der Waals surface area contributed by atoms with E-state index in [0.717, 1.165) is 0 Å². The second-order valence-corrected chi connectivity index (χ2v) is 6.38. The average Bonchev–Trinajstić information content (AvgIpc) is 3.27. The number of amides is 1. The number of ether oxygens (including phenoxy) is 3. The molecule has 0 bridgehead atoms. The van der Waals surface area contributed by atoms with Crippen LogP contribution < -0.4 is 14.2 Å². The summed E-state index contributed by atoms with van der Waals surface area (Å²) in [6, 6.07) is 6.65. The Morgan fingerprint density at radius 3 is 2.14 bits per heavy atom. The van der Waals surface area contributed by atoms with Crippen molar-refractivity contribution in [1.82, 2.24) is 9.80 Å². The topological polar surface area (TPSA) is 81.5 Å². The summed E-state index contributed by atoms with van der Waals surface area (Å²) in [5, 5.41) is 0. The van der Waals surface area contributed by atoms with Crippen molar-refractivity contribution in [3.8, 4) is 17.2 Å². The largest absolute Gasteiger partial charge is 0.493 e. The lowest BCUT2D eigenvalue weighted by Gasteiger charge is -2.34. The molecule has 0 N–H and O–H groups in total. The number of benzene rings is 1. The van der Waals surface area contributed by atoms with Gasteiger partial charge in [-0.2, -0.15) is 0 Å². The molecule has 8 heteroatoms. The molecule has 1 amide bonds. The molecule has 0 spiro atoms. The quantitative estimate of drug-likeness (QED) is 0.671. The van der Waals surface area contributed by atoms with Crippen LogP contribution in [-0.2, 0) is 0 Å². The molecule has 8 nitrogen and oxygen atoms in total. The van der Waals surface area contributed by atoms with Gasteiger partial charge < -0.3 is 23.5 Å². The summed E-state index contributed by atoms with van der Waals surface area (Å²) in [6.07, 6.45) is 1.49. The minimum Gasteiger partial charge on any atom is -0.493 e. The number of furan rings is 1. The van der Waals surface area contributed by atoms with Gasteiger partial charge in [0.05, 0.1) is 34.1 Å². The average molecular weight is 388 g/mol. The molecular weight excluding hydrogens is 364 g/mol. The first-order chi connectivity index (χ1) is 13.6. The molecule has 1 aromatic carbocycles. The van der Waals surface area contributed by atoms with Crippen molar-refractivity contribution in [2.75, 3.05) is 54.1 Å². The van der Waals surface area contributed by atoms with Crippen LogP contribution in [0.15, 0.2) is 34.9 Å². The van der Waals surface area contributed by atoms with Crippen molar-refractivity contribution < 1.29 is 28.2 Å². The Balaban J connectivity index is 1.64. The van der Waals surface area contributed by atoms with Gasteiger partial charge in [0.25, 0.3) is 5.91 Å². The highest BCUT2D eigenvalue weighted by Gasteiger charge is 2.26. The fourth-order valence-electron chi connectivity index (χ4n) is 3.21. The van der Waals surface area contributed by atoms with Crippen LogP contribution in [0.3, 0.4) is 0 Å². The molecule has 1 aromatic heterocycles. The number of methoxy groups -OCH3 is 3. The summed E-state index contributed by atoms with van der Waals surface area (Å²) in [7, 11) is 4.55. The third-order valence-corrected chi connectivity index (χ3v) is 4.73. The minimum absolute atomic E-state index is 0.0607. The van der Waals surface area contributed by atoms with Gasteiger partial charge >= 0.3 is 0 Å². The molecule has 1 saturated heterocycles. The standard InChI is InChI=1S/C20H24N2O6/c1-25-17-11-14(12-18(26-2)19(17)27-3)20(24)22-8-6-21(7-9-22)13-15(23)16-5-4-10-28-16/h4-5,10-12H,6-9,13H2,1-3H3. The number of ketones is 1. The van der Waals surface area contributed by atoms with Crippen LogP contribution in [-0.4, -0.2) is 75.5 Å². The first kappa shape index (κ1) is 19.8. The molecule has 0 aliphatic carbocycles. The molecular formula is C20H24N2O6. The lowest BCUT2D eigenvalue weighted by molar-refractivity contribution is 0.0619. The van der Waals surface area contributed by atoms with Crippen LogP contribution >= 0.6 is 0 Å². The molecule has 1 aliphatic heterocycles. The highest BCUT2D eigenvalue weighted by molar-refractivity contribution is 5.96. The van der Waals surface area contributed by atoms with Gasteiger partial charge in [-0.15, -0.1) is 0 Å². The summed E-state index contributed by atoms with van der Waals surface area (Å²) < 4.78 is 21.1. The zero-order valence-electron chi connectivity index (χ0n) is 16.3. The van der Waals surface area contributed by atoms with Gasteiger partial charge in [0.2, 0.25) is 11.5 Å². The summed E-state index contributed by atoms with van der Waals surface area (Å²) in [5.41, 5.74) is 0.467. The number of hydrogen-bond donors (Lipinski definition) is 0. The molecule has 0 radical (unpaired) electrons. The van der Waals surface area contributed by atoms with E-state index in [1.165, 1.54) is 27.6 Å². The number of carbonyl (C=O) groups excluding carboxylic acids is 2. The Bertz CT molecular complexity index is 800. The van der Waals surface area contributed by atoms with Gasteiger partial charge in [-0.05, 0) is 24.3 Å². The van der Waals surface area contributed by atoms with Crippen molar-refractivity contribution >= 4 is 11.7 Å². The Morgan fingerprint density at radius 2 is 1.64 bits per heavy atom. The smallest absolute Gasteiger partial charge is 0.254 e. The van der Waals surface area contributed by atoms with E-state index < -0.39 is 0 Å². The van der Waals surface area contributed by atoms with Crippen LogP contribution in [0.1, 0.15) is 20.9 Å². The van der Waals surface area contributed by atoms with Gasteiger partial charge in [-0.25, -0.2) is 0 Å². The van der Waals surface area contributed by atoms with Crippen LogP contribution in [0.2, 0.25) is 0 Å². The molecule has 2 aromatic rings. The number of nitrogens with zero attached hydrogens (tertiary/aromatic N) is 2. The van der Waals surface area contributed by atoms with Crippen molar-refractivity contribution in [2.45, 2.75) is 0 Å². The third kappa shape index (κ3) is 4.12. The third-order valence-electron chi connectivity index (χ3n) is 4.73. The molecule has 0 unspecified atom stereocenters. The van der Waals surface area contributed by atoms with E-state index in [1.807, 2.05) is 4.90 Å².